The Morgan fingerprint density at radius 3 is 2.70 bits per heavy atom. The maximum atomic E-state index is 5.68. The summed E-state index contributed by atoms with van der Waals surface area (Å²) in [6.45, 7) is 5.27. The molecule has 0 aliphatic rings. The molecule has 2 N–H and O–H groups in total. The zero-order valence-corrected chi connectivity index (χ0v) is 14.0. The summed E-state index contributed by atoms with van der Waals surface area (Å²) in [6.07, 6.45) is 2.90. The van der Waals surface area contributed by atoms with Crippen LogP contribution in [0.25, 0.3) is 11.4 Å². The fourth-order valence-corrected chi connectivity index (χ4v) is 2.54. The van der Waals surface area contributed by atoms with Crippen LogP contribution in [0.5, 0.6) is 11.5 Å². The van der Waals surface area contributed by atoms with Crippen molar-refractivity contribution in [3.05, 3.63) is 24.1 Å². The molecule has 1 aromatic heterocycles. The van der Waals surface area contributed by atoms with Crippen molar-refractivity contribution in [1.82, 2.24) is 10.1 Å². The second-order valence-electron chi connectivity index (χ2n) is 5.32. The van der Waals surface area contributed by atoms with E-state index >= 15 is 0 Å². The van der Waals surface area contributed by atoms with Crippen LogP contribution in [0.1, 0.15) is 44.9 Å². The molecule has 0 fully saturated rings. The molecule has 0 saturated carbocycles. The summed E-state index contributed by atoms with van der Waals surface area (Å²) in [5.74, 6) is 2.78. The van der Waals surface area contributed by atoms with Gasteiger partial charge in [0, 0.05) is 11.5 Å². The molecule has 126 valence electrons. The van der Waals surface area contributed by atoms with E-state index in [1.165, 1.54) is 0 Å². The van der Waals surface area contributed by atoms with Crippen molar-refractivity contribution in [2.24, 2.45) is 5.73 Å². The first-order valence-electron chi connectivity index (χ1n) is 8.08. The molecule has 0 amide bonds. The topological polar surface area (TPSA) is 83.4 Å². The van der Waals surface area contributed by atoms with Crippen LogP contribution >= 0.6 is 0 Å². The minimum absolute atomic E-state index is 0.218. The van der Waals surface area contributed by atoms with Crippen molar-refractivity contribution in [3.8, 4) is 22.9 Å². The van der Waals surface area contributed by atoms with E-state index in [0.717, 1.165) is 24.8 Å². The van der Waals surface area contributed by atoms with Gasteiger partial charge >= 0.3 is 0 Å². The molecular weight excluding hydrogens is 294 g/mol. The standard InChI is InChI=1S/C17H25N3O3/c1-4-6-12(9-10-18)17-19-16(20-23-17)13-7-8-14(22-5-2)15(11-13)21-3/h7-8,11-12H,4-6,9-10,18H2,1-3H3. The lowest BCUT2D eigenvalue weighted by molar-refractivity contribution is 0.311. The van der Waals surface area contributed by atoms with Gasteiger partial charge in [0.1, 0.15) is 0 Å². The van der Waals surface area contributed by atoms with Crippen LogP contribution < -0.4 is 15.2 Å². The summed E-state index contributed by atoms with van der Waals surface area (Å²) >= 11 is 0. The second-order valence-corrected chi connectivity index (χ2v) is 5.32. The van der Waals surface area contributed by atoms with Gasteiger partial charge in [-0.15, -0.1) is 0 Å². The van der Waals surface area contributed by atoms with Crippen molar-refractivity contribution in [2.75, 3.05) is 20.3 Å². The lowest BCUT2D eigenvalue weighted by Gasteiger charge is -2.10. The molecule has 0 spiro atoms. The van der Waals surface area contributed by atoms with Gasteiger partial charge in [-0.3, -0.25) is 0 Å². The van der Waals surface area contributed by atoms with E-state index < -0.39 is 0 Å². The van der Waals surface area contributed by atoms with Crippen LogP contribution in [0.3, 0.4) is 0 Å². The Hall–Kier alpha value is -2.08. The summed E-state index contributed by atoms with van der Waals surface area (Å²) in [6, 6.07) is 5.62. The number of hydrogen-bond acceptors (Lipinski definition) is 6. The van der Waals surface area contributed by atoms with E-state index in [1.54, 1.807) is 7.11 Å². The van der Waals surface area contributed by atoms with Gasteiger partial charge in [-0.05, 0) is 44.5 Å². The van der Waals surface area contributed by atoms with E-state index in [0.29, 0.717) is 36.4 Å². The van der Waals surface area contributed by atoms with Crippen LogP contribution in [-0.4, -0.2) is 30.4 Å². The number of aromatic nitrogens is 2. The fraction of sp³-hybridized carbons (Fsp3) is 0.529. The Morgan fingerprint density at radius 2 is 2.04 bits per heavy atom. The summed E-state index contributed by atoms with van der Waals surface area (Å²) in [7, 11) is 1.61. The average molecular weight is 319 g/mol. The van der Waals surface area contributed by atoms with Crippen LogP contribution in [0.15, 0.2) is 22.7 Å². The number of benzene rings is 1. The number of methoxy groups -OCH3 is 1. The first-order chi connectivity index (χ1) is 11.2. The van der Waals surface area contributed by atoms with Gasteiger partial charge < -0.3 is 19.7 Å². The smallest absolute Gasteiger partial charge is 0.230 e. The molecule has 23 heavy (non-hydrogen) atoms. The van der Waals surface area contributed by atoms with Crippen molar-refractivity contribution in [2.45, 2.75) is 39.0 Å². The summed E-state index contributed by atoms with van der Waals surface area (Å²) in [5.41, 5.74) is 6.51. The zero-order chi connectivity index (χ0) is 16.7. The number of nitrogens with two attached hydrogens (primary N) is 1. The predicted molar refractivity (Wildman–Crippen MR) is 88.8 cm³/mol. The van der Waals surface area contributed by atoms with Crippen molar-refractivity contribution >= 4 is 0 Å². The van der Waals surface area contributed by atoms with Crippen molar-refractivity contribution in [1.29, 1.82) is 0 Å². The maximum absolute atomic E-state index is 5.68. The lowest BCUT2D eigenvalue weighted by Crippen LogP contribution is -2.07. The molecule has 2 aromatic rings. The van der Waals surface area contributed by atoms with E-state index in [4.69, 9.17) is 19.7 Å². The highest BCUT2D eigenvalue weighted by atomic mass is 16.5. The Balaban J connectivity index is 2.25. The Kier molecular flexibility index (Phi) is 6.40. The molecule has 1 atom stereocenters. The number of hydrogen-bond donors (Lipinski definition) is 1. The van der Waals surface area contributed by atoms with Gasteiger partial charge in [0.2, 0.25) is 11.7 Å². The highest BCUT2D eigenvalue weighted by Crippen LogP contribution is 2.32. The monoisotopic (exact) mass is 319 g/mol. The number of rotatable bonds is 9. The molecule has 2 rings (SSSR count). The van der Waals surface area contributed by atoms with Crippen LogP contribution in [-0.2, 0) is 0 Å². The third-order valence-corrected chi connectivity index (χ3v) is 3.66. The van der Waals surface area contributed by atoms with E-state index in [-0.39, 0.29) is 5.92 Å². The van der Waals surface area contributed by atoms with Gasteiger partial charge in [0.15, 0.2) is 11.5 Å². The van der Waals surface area contributed by atoms with Gasteiger partial charge in [-0.25, -0.2) is 0 Å². The van der Waals surface area contributed by atoms with Crippen LogP contribution in [0.2, 0.25) is 0 Å². The molecule has 1 aromatic carbocycles. The largest absolute Gasteiger partial charge is 0.493 e. The predicted octanol–water partition coefficient (Wildman–Crippen LogP) is 3.38. The molecule has 0 aliphatic heterocycles. The van der Waals surface area contributed by atoms with Crippen molar-refractivity contribution < 1.29 is 14.0 Å². The van der Waals surface area contributed by atoms with Crippen LogP contribution in [0.4, 0.5) is 0 Å². The first-order valence-corrected chi connectivity index (χ1v) is 8.08. The van der Waals surface area contributed by atoms with E-state index in [2.05, 4.69) is 17.1 Å². The van der Waals surface area contributed by atoms with Gasteiger partial charge in [0.25, 0.3) is 0 Å². The highest BCUT2D eigenvalue weighted by Gasteiger charge is 2.19. The Morgan fingerprint density at radius 1 is 1.22 bits per heavy atom. The number of nitrogens with zero attached hydrogens (tertiary/aromatic N) is 2. The van der Waals surface area contributed by atoms with Crippen LogP contribution in [0, 0.1) is 0 Å². The third-order valence-electron chi connectivity index (χ3n) is 3.66. The average Bonchev–Trinajstić information content (AvgIpc) is 3.05. The van der Waals surface area contributed by atoms with Gasteiger partial charge in [-0.1, -0.05) is 18.5 Å². The third kappa shape index (κ3) is 4.22. The highest BCUT2D eigenvalue weighted by molar-refractivity contribution is 5.60. The molecule has 0 aliphatic carbocycles. The molecular formula is C17H25N3O3. The zero-order valence-electron chi connectivity index (χ0n) is 14.0. The molecule has 1 heterocycles. The van der Waals surface area contributed by atoms with Gasteiger partial charge in [0.05, 0.1) is 13.7 Å². The molecule has 1 unspecified atom stereocenters. The van der Waals surface area contributed by atoms with E-state index in [9.17, 15) is 0 Å². The van der Waals surface area contributed by atoms with Crippen molar-refractivity contribution in [3.63, 3.8) is 0 Å². The molecule has 0 radical (unpaired) electrons. The summed E-state index contributed by atoms with van der Waals surface area (Å²) in [5, 5.41) is 4.10. The lowest BCUT2D eigenvalue weighted by atomic mass is 10.00. The fourth-order valence-electron chi connectivity index (χ4n) is 2.54. The SMILES string of the molecule is CCCC(CCN)c1nc(-c2ccc(OCC)c(OC)c2)no1. The first kappa shape index (κ1) is 17.3. The minimum Gasteiger partial charge on any atom is -0.493 e. The molecule has 0 saturated heterocycles. The van der Waals surface area contributed by atoms with Gasteiger partial charge in [-0.2, -0.15) is 4.98 Å². The Labute approximate surface area is 137 Å². The molecule has 6 heteroatoms. The normalized spacial score (nSPS) is 12.2. The second kappa shape index (κ2) is 8.53. The Bertz CT molecular complexity index is 607. The summed E-state index contributed by atoms with van der Waals surface area (Å²) in [4.78, 5) is 4.54. The summed E-state index contributed by atoms with van der Waals surface area (Å²) < 4.78 is 16.3. The molecule has 6 nitrogen and oxygen atoms in total. The quantitative estimate of drug-likeness (QED) is 0.763. The minimum atomic E-state index is 0.218. The maximum Gasteiger partial charge on any atom is 0.230 e. The molecule has 0 bridgehead atoms. The van der Waals surface area contributed by atoms with E-state index in [1.807, 2.05) is 25.1 Å². The number of ether oxygens (including phenoxy) is 2.